The molecular formula is C21H22N6O2. The summed E-state index contributed by atoms with van der Waals surface area (Å²) in [4.78, 5) is 30.2. The number of anilines is 1. The van der Waals surface area contributed by atoms with Gasteiger partial charge < -0.3 is 19.1 Å². The van der Waals surface area contributed by atoms with Crippen molar-refractivity contribution in [3.8, 4) is 5.82 Å². The lowest BCUT2D eigenvalue weighted by Gasteiger charge is -2.47. The van der Waals surface area contributed by atoms with Crippen molar-refractivity contribution in [3.05, 3.63) is 66.6 Å². The molecule has 1 saturated heterocycles. The van der Waals surface area contributed by atoms with E-state index in [1.807, 2.05) is 29.4 Å². The zero-order valence-electron chi connectivity index (χ0n) is 16.2. The number of methoxy groups -OCH3 is 1. The molecule has 29 heavy (non-hydrogen) atoms. The molecule has 2 aliphatic rings. The third-order valence-corrected chi connectivity index (χ3v) is 5.86. The second kappa shape index (κ2) is 6.97. The summed E-state index contributed by atoms with van der Waals surface area (Å²) < 4.78 is 7.56. The van der Waals surface area contributed by atoms with Crippen LogP contribution in [0.25, 0.3) is 5.82 Å². The van der Waals surface area contributed by atoms with Gasteiger partial charge in [0.25, 0.3) is 5.91 Å². The average molecular weight is 390 g/mol. The number of rotatable bonds is 4. The second-order valence-electron chi connectivity index (χ2n) is 7.35. The molecule has 3 aromatic rings. The Morgan fingerprint density at radius 3 is 2.97 bits per heavy atom. The van der Waals surface area contributed by atoms with Crippen molar-refractivity contribution >= 4 is 11.6 Å². The van der Waals surface area contributed by atoms with Gasteiger partial charge in [0.2, 0.25) is 0 Å². The van der Waals surface area contributed by atoms with Gasteiger partial charge in [-0.05, 0) is 30.7 Å². The van der Waals surface area contributed by atoms with Crippen molar-refractivity contribution in [2.75, 3.05) is 38.3 Å². The summed E-state index contributed by atoms with van der Waals surface area (Å²) in [5, 5.41) is 0. The van der Waals surface area contributed by atoms with Crippen molar-refractivity contribution in [1.82, 2.24) is 24.4 Å². The van der Waals surface area contributed by atoms with Crippen LogP contribution < -0.4 is 4.90 Å². The van der Waals surface area contributed by atoms with E-state index >= 15 is 0 Å². The Bertz CT molecular complexity index is 1040. The van der Waals surface area contributed by atoms with Crippen molar-refractivity contribution in [1.29, 1.82) is 0 Å². The first-order valence-electron chi connectivity index (χ1n) is 9.70. The highest BCUT2D eigenvalue weighted by molar-refractivity contribution is 5.92. The van der Waals surface area contributed by atoms with Crippen molar-refractivity contribution in [3.63, 3.8) is 0 Å². The first-order chi connectivity index (χ1) is 14.2. The summed E-state index contributed by atoms with van der Waals surface area (Å²) in [6, 6.07) is 8.23. The number of fused-ring (bicyclic) bond motifs is 4. The van der Waals surface area contributed by atoms with Crippen LogP contribution in [-0.4, -0.2) is 63.7 Å². The third-order valence-electron chi connectivity index (χ3n) is 5.86. The fourth-order valence-corrected chi connectivity index (χ4v) is 4.58. The highest BCUT2D eigenvalue weighted by Crippen LogP contribution is 2.46. The Kier molecular flexibility index (Phi) is 4.28. The molecule has 8 heteroatoms. The molecule has 5 rings (SSSR count). The van der Waals surface area contributed by atoms with Crippen LogP contribution in [0.1, 0.15) is 22.6 Å². The van der Waals surface area contributed by atoms with Crippen LogP contribution in [0.4, 0.5) is 5.69 Å². The molecule has 0 aromatic carbocycles. The van der Waals surface area contributed by atoms with E-state index in [-0.39, 0.29) is 11.4 Å². The maximum Gasteiger partial charge on any atom is 0.274 e. The molecule has 1 amide bonds. The van der Waals surface area contributed by atoms with Crippen molar-refractivity contribution in [2.45, 2.75) is 12.0 Å². The number of aromatic nitrogens is 4. The van der Waals surface area contributed by atoms with Gasteiger partial charge in [0.15, 0.2) is 5.82 Å². The Hall–Kier alpha value is -3.26. The SMILES string of the molecule is COCCN1c2cccnc2-n2cccc2[C@@]12CCN(C(=O)c1cnccn1)C2. The smallest absolute Gasteiger partial charge is 0.274 e. The van der Waals surface area contributed by atoms with E-state index in [1.54, 1.807) is 19.5 Å². The lowest BCUT2D eigenvalue weighted by Crippen LogP contribution is -2.53. The van der Waals surface area contributed by atoms with Crippen LogP contribution in [0, 0.1) is 0 Å². The average Bonchev–Trinajstić information content (AvgIpc) is 3.43. The molecule has 0 bridgehead atoms. The van der Waals surface area contributed by atoms with Crippen LogP contribution in [0.5, 0.6) is 0 Å². The molecule has 2 aliphatic heterocycles. The van der Waals surface area contributed by atoms with E-state index in [4.69, 9.17) is 4.74 Å². The van der Waals surface area contributed by atoms with Gasteiger partial charge in [-0.15, -0.1) is 0 Å². The summed E-state index contributed by atoms with van der Waals surface area (Å²) in [5.74, 6) is 0.824. The molecule has 0 radical (unpaired) electrons. The number of pyridine rings is 1. The Labute approximate surface area is 168 Å². The number of ether oxygens (including phenoxy) is 1. The number of amides is 1. The third kappa shape index (κ3) is 2.71. The molecule has 0 saturated carbocycles. The minimum Gasteiger partial charge on any atom is -0.383 e. The van der Waals surface area contributed by atoms with Crippen LogP contribution in [-0.2, 0) is 10.3 Å². The van der Waals surface area contributed by atoms with E-state index in [0.29, 0.717) is 31.9 Å². The van der Waals surface area contributed by atoms with E-state index in [1.165, 1.54) is 6.20 Å². The molecular weight excluding hydrogens is 368 g/mol. The number of hydrogen-bond donors (Lipinski definition) is 0. The number of nitrogens with zero attached hydrogens (tertiary/aromatic N) is 6. The summed E-state index contributed by atoms with van der Waals surface area (Å²) in [7, 11) is 1.71. The molecule has 5 heterocycles. The fraction of sp³-hybridized carbons (Fsp3) is 0.333. The van der Waals surface area contributed by atoms with Crippen LogP contribution in [0.2, 0.25) is 0 Å². The molecule has 0 unspecified atom stereocenters. The van der Waals surface area contributed by atoms with Gasteiger partial charge >= 0.3 is 0 Å². The Morgan fingerprint density at radius 2 is 2.14 bits per heavy atom. The second-order valence-corrected chi connectivity index (χ2v) is 7.35. The predicted octanol–water partition coefficient (Wildman–Crippen LogP) is 1.87. The van der Waals surface area contributed by atoms with E-state index < -0.39 is 0 Å². The largest absolute Gasteiger partial charge is 0.383 e. The van der Waals surface area contributed by atoms with E-state index in [2.05, 4.69) is 36.6 Å². The first-order valence-corrected chi connectivity index (χ1v) is 9.70. The zero-order chi connectivity index (χ0) is 19.8. The topological polar surface area (TPSA) is 76.4 Å². The number of likely N-dealkylation sites (tertiary alicyclic amines) is 1. The lowest BCUT2D eigenvalue weighted by atomic mass is 9.89. The van der Waals surface area contributed by atoms with Gasteiger partial charge in [-0.1, -0.05) is 0 Å². The standard InChI is InChI=1S/C21H22N6O2/c1-29-13-12-27-17-4-2-7-24-19(17)26-10-3-5-18(26)21(27)6-11-25(15-21)20(28)16-14-22-8-9-23-16/h2-5,7-10,14H,6,11-13,15H2,1H3/t21-/m0/s1. The van der Waals surface area contributed by atoms with Gasteiger partial charge in [-0.25, -0.2) is 9.97 Å². The molecule has 1 fully saturated rings. The summed E-state index contributed by atoms with van der Waals surface area (Å²) >= 11 is 0. The number of carbonyl (C=O) groups excluding carboxylic acids is 1. The minimum atomic E-state index is -0.337. The molecule has 0 aliphatic carbocycles. The van der Waals surface area contributed by atoms with E-state index in [0.717, 1.165) is 23.6 Å². The summed E-state index contributed by atoms with van der Waals surface area (Å²) in [6.45, 7) is 2.53. The van der Waals surface area contributed by atoms with Gasteiger partial charge in [0.1, 0.15) is 11.2 Å². The molecule has 1 spiro atoms. The molecule has 1 atom stereocenters. The lowest BCUT2D eigenvalue weighted by molar-refractivity contribution is 0.0775. The molecule has 3 aromatic heterocycles. The maximum absolute atomic E-state index is 13.1. The Morgan fingerprint density at radius 1 is 1.21 bits per heavy atom. The molecule has 0 N–H and O–H groups in total. The predicted molar refractivity (Wildman–Crippen MR) is 107 cm³/mol. The maximum atomic E-state index is 13.1. The van der Waals surface area contributed by atoms with Crippen LogP contribution >= 0.6 is 0 Å². The quantitative estimate of drug-likeness (QED) is 0.677. The fourth-order valence-electron chi connectivity index (χ4n) is 4.58. The van der Waals surface area contributed by atoms with Gasteiger partial charge in [0, 0.05) is 51.5 Å². The van der Waals surface area contributed by atoms with Crippen LogP contribution in [0.15, 0.2) is 55.2 Å². The molecule has 148 valence electrons. The Balaban J connectivity index is 1.57. The summed E-state index contributed by atoms with van der Waals surface area (Å²) in [5.41, 5.74) is 2.24. The number of hydrogen-bond acceptors (Lipinski definition) is 6. The minimum absolute atomic E-state index is 0.0863. The van der Waals surface area contributed by atoms with Crippen LogP contribution in [0.3, 0.4) is 0 Å². The van der Waals surface area contributed by atoms with Crippen molar-refractivity contribution in [2.24, 2.45) is 0 Å². The highest BCUT2D eigenvalue weighted by Gasteiger charge is 2.50. The number of carbonyl (C=O) groups is 1. The van der Waals surface area contributed by atoms with Gasteiger partial charge in [-0.2, -0.15) is 0 Å². The summed E-state index contributed by atoms with van der Waals surface area (Å²) in [6.07, 6.45) is 9.33. The zero-order valence-corrected chi connectivity index (χ0v) is 16.2. The van der Waals surface area contributed by atoms with E-state index in [9.17, 15) is 4.79 Å². The normalized spacial score (nSPS) is 20.0. The van der Waals surface area contributed by atoms with Crippen molar-refractivity contribution < 1.29 is 9.53 Å². The monoisotopic (exact) mass is 390 g/mol. The molecule has 8 nitrogen and oxygen atoms in total. The van der Waals surface area contributed by atoms with Gasteiger partial charge in [-0.3, -0.25) is 9.78 Å². The highest BCUT2D eigenvalue weighted by atomic mass is 16.5. The first kappa shape index (κ1) is 17.8. The van der Waals surface area contributed by atoms with Gasteiger partial charge in [0.05, 0.1) is 24.2 Å².